The molecule has 0 amide bonds. The Morgan fingerprint density at radius 1 is 0.714 bits per heavy atom. The maximum atomic E-state index is 13.9. The van der Waals surface area contributed by atoms with Crippen LogP contribution in [-0.4, -0.2) is 44.0 Å². The molecule has 5 rings (SSSR count). The number of aromatic nitrogens is 1. The SMILES string of the molecule is COc1ccc(CN(Cc2ccc(OC)cc2)c2nc(-c3cccc(CN(C)C)c3)c(C(=O)c3ccccc3)s2)cc1. The lowest BCUT2D eigenvalue weighted by Crippen LogP contribution is -2.22. The van der Waals surface area contributed by atoms with Gasteiger partial charge in [-0.3, -0.25) is 4.79 Å². The topological polar surface area (TPSA) is 54.9 Å². The number of hydrogen-bond donors (Lipinski definition) is 0. The highest BCUT2D eigenvalue weighted by molar-refractivity contribution is 7.18. The molecule has 0 fully saturated rings. The van der Waals surface area contributed by atoms with E-state index in [2.05, 4.69) is 46.2 Å². The molecular weight excluding hydrogens is 542 g/mol. The first kappa shape index (κ1) is 29.0. The minimum atomic E-state index is -0.0267. The van der Waals surface area contributed by atoms with Crippen LogP contribution in [0.4, 0.5) is 5.13 Å². The van der Waals surface area contributed by atoms with E-state index in [9.17, 15) is 4.79 Å². The van der Waals surface area contributed by atoms with Gasteiger partial charge in [0.05, 0.1) is 19.9 Å². The number of anilines is 1. The molecule has 0 unspecified atom stereocenters. The number of ketones is 1. The summed E-state index contributed by atoms with van der Waals surface area (Å²) in [7, 11) is 7.43. The monoisotopic (exact) mass is 577 g/mol. The van der Waals surface area contributed by atoms with E-state index >= 15 is 0 Å². The molecule has 0 atom stereocenters. The van der Waals surface area contributed by atoms with Crippen LogP contribution in [0.2, 0.25) is 0 Å². The molecule has 0 aliphatic heterocycles. The highest BCUT2D eigenvalue weighted by atomic mass is 32.1. The van der Waals surface area contributed by atoms with Gasteiger partial charge in [-0.05, 0) is 61.1 Å². The van der Waals surface area contributed by atoms with Crippen LogP contribution in [0.5, 0.6) is 11.5 Å². The molecular formula is C35H35N3O3S. The van der Waals surface area contributed by atoms with Gasteiger partial charge in [-0.1, -0.05) is 84.1 Å². The maximum absolute atomic E-state index is 13.9. The normalized spacial score (nSPS) is 11.0. The second-order valence-corrected chi connectivity index (χ2v) is 11.3. The third kappa shape index (κ3) is 7.05. The first-order valence-corrected chi connectivity index (χ1v) is 14.6. The number of hydrogen-bond acceptors (Lipinski definition) is 7. The lowest BCUT2D eigenvalue weighted by molar-refractivity contribution is 0.104. The molecule has 0 saturated carbocycles. The highest BCUT2D eigenvalue weighted by Gasteiger charge is 2.24. The Morgan fingerprint density at radius 2 is 1.31 bits per heavy atom. The van der Waals surface area contributed by atoms with Crippen molar-refractivity contribution in [1.29, 1.82) is 0 Å². The van der Waals surface area contributed by atoms with E-state index in [1.165, 1.54) is 16.9 Å². The molecule has 1 aromatic heterocycles. The minimum Gasteiger partial charge on any atom is -0.497 e. The van der Waals surface area contributed by atoms with Crippen molar-refractivity contribution in [2.45, 2.75) is 19.6 Å². The molecule has 0 spiro atoms. The minimum absolute atomic E-state index is 0.0267. The number of benzene rings is 4. The standard InChI is InChI=1S/C35H35N3O3S/c1-37(2)22-27-9-8-12-29(21-27)32-34(33(39)28-10-6-5-7-11-28)42-35(36-32)38(23-25-13-17-30(40-3)18-14-25)24-26-15-19-31(41-4)20-16-26/h5-21H,22-24H2,1-4H3. The average Bonchev–Trinajstić information content (AvgIpc) is 3.47. The number of ether oxygens (including phenoxy) is 2. The zero-order valence-corrected chi connectivity index (χ0v) is 25.2. The fourth-order valence-electron chi connectivity index (χ4n) is 4.79. The van der Waals surface area contributed by atoms with Gasteiger partial charge < -0.3 is 19.3 Å². The zero-order chi connectivity index (χ0) is 29.5. The first-order chi connectivity index (χ1) is 20.4. The van der Waals surface area contributed by atoms with Crippen LogP contribution in [0.3, 0.4) is 0 Å². The van der Waals surface area contributed by atoms with Gasteiger partial charge in [0.15, 0.2) is 5.13 Å². The van der Waals surface area contributed by atoms with Crippen molar-refractivity contribution < 1.29 is 14.3 Å². The number of thiazole rings is 1. The van der Waals surface area contributed by atoms with Crippen molar-refractivity contribution >= 4 is 22.3 Å². The predicted octanol–water partition coefficient (Wildman–Crippen LogP) is 7.33. The van der Waals surface area contributed by atoms with E-state index in [-0.39, 0.29) is 5.78 Å². The van der Waals surface area contributed by atoms with Crippen LogP contribution in [0.15, 0.2) is 103 Å². The van der Waals surface area contributed by atoms with E-state index in [4.69, 9.17) is 14.5 Å². The van der Waals surface area contributed by atoms with Gasteiger partial charge >= 0.3 is 0 Å². The maximum Gasteiger partial charge on any atom is 0.205 e. The molecule has 0 saturated heterocycles. The Morgan fingerprint density at radius 3 is 1.86 bits per heavy atom. The summed E-state index contributed by atoms with van der Waals surface area (Å²) < 4.78 is 10.7. The summed E-state index contributed by atoms with van der Waals surface area (Å²) in [6.45, 7) is 2.03. The van der Waals surface area contributed by atoms with Crippen LogP contribution in [0, 0.1) is 0 Å². The third-order valence-corrected chi connectivity index (χ3v) is 8.01. The Kier molecular flexibility index (Phi) is 9.31. The average molecular weight is 578 g/mol. The van der Waals surface area contributed by atoms with E-state index in [0.717, 1.165) is 39.9 Å². The Bertz CT molecular complexity index is 1560. The van der Waals surface area contributed by atoms with E-state index in [0.29, 0.717) is 29.2 Å². The lowest BCUT2D eigenvalue weighted by Gasteiger charge is -2.22. The zero-order valence-electron chi connectivity index (χ0n) is 24.4. The van der Waals surface area contributed by atoms with Crippen molar-refractivity contribution in [3.8, 4) is 22.8 Å². The van der Waals surface area contributed by atoms with Gasteiger partial charge in [0.2, 0.25) is 5.78 Å². The van der Waals surface area contributed by atoms with Gasteiger partial charge in [-0.15, -0.1) is 0 Å². The van der Waals surface area contributed by atoms with Gasteiger partial charge in [-0.25, -0.2) is 4.98 Å². The van der Waals surface area contributed by atoms with Crippen molar-refractivity contribution in [3.05, 3.63) is 130 Å². The summed E-state index contributed by atoms with van der Waals surface area (Å²) in [4.78, 5) is 24.1. The number of carbonyl (C=O) groups is 1. The highest BCUT2D eigenvalue weighted by Crippen LogP contribution is 2.37. The van der Waals surface area contributed by atoms with E-state index < -0.39 is 0 Å². The molecule has 0 radical (unpaired) electrons. The number of nitrogens with zero attached hydrogens (tertiary/aromatic N) is 3. The molecule has 7 heteroatoms. The van der Waals surface area contributed by atoms with E-state index in [1.54, 1.807) is 14.2 Å². The van der Waals surface area contributed by atoms with E-state index in [1.807, 2.05) is 80.8 Å². The molecule has 0 aliphatic carbocycles. The fraction of sp³-hybridized carbons (Fsp3) is 0.200. The lowest BCUT2D eigenvalue weighted by atomic mass is 10.0. The molecule has 6 nitrogen and oxygen atoms in total. The Balaban J connectivity index is 1.59. The van der Waals surface area contributed by atoms with Crippen LogP contribution < -0.4 is 14.4 Å². The van der Waals surface area contributed by atoms with Crippen LogP contribution in [0.1, 0.15) is 31.9 Å². The fourth-order valence-corrected chi connectivity index (χ4v) is 5.84. The number of carbonyl (C=O) groups excluding carboxylic acids is 1. The smallest absolute Gasteiger partial charge is 0.205 e. The molecule has 1 heterocycles. The summed E-state index contributed by atoms with van der Waals surface area (Å²) in [5.74, 6) is 1.59. The summed E-state index contributed by atoms with van der Waals surface area (Å²) in [6.07, 6.45) is 0. The van der Waals surface area contributed by atoms with Crippen molar-refractivity contribution in [2.75, 3.05) is 33.2 Å². The molecule has 0 aliphatic rings. The van der Waals surface area contributed by atoms with Crippen LogP contribution in [-0.2, 0) is 19.6 Å². The Labute approximate surface area is 251 Å². The van der Waals surface area contributed by atoms with Gasteiger partial charge in [-0.2, -0.15) is 0 Å². The molecule has 4 aromatic carbocycles. The third-order valence-electron chi connectivity index (χ3n) is 6.89. The molecule has 0 N–H and O–H groups in total. The number of rotatable bonds is 12. The second kappa shape index (κ2) is 13.5. The van der Waals surface area contributed by atoms with Crippen molar-refractivity contribution in [2.24, 2.45) is 0 Å². The molecule has 214 valence electrons. The van der Waals surface area contributed by atoms with Gasteiger partial charge in [0.25, 0.3) is 0 Å². The van der Waals surface area contributed by atoms with Gasteiger partial charge in [0, 0.05) is 30.8 Å². The molecule has 0 bridgehead atoms. The summed E-state index contributed by atoms with van der Waals surface area (Å²) in [5.41, 5.74) is 5.69. The van der Waals surface area contributed by atoms with Crippen molar-refractivity contribution in [1.82, 2.24) is 9.88 Å². The predicted molar refractivity (Wildman–Crippen MR) is 171 cm³/mol. The first-order valence-electron chi connectivity index (χ1n) is 13.8. The quantitative estimate of drug-likeness (QED) is 0.145. The van der Waals surface area contributed by atoms with Gasteiger partial charge in [0.1, 0.15) is 16.4 Å². The second-order valence-electron chi connectivity index (χ2n) is 10.4. The summed E-state index contributed by atoms with van der Waals surface area (Å²) in [5, 5.41) is 0.786. The summed E-state index contributed by atoms with van der Waals surface area (Å²) in [6, 6.07) is 33.9. The Hall–Kier alpha value is -4.46. The largest absolute Gasteiger partial charge is 0.497 e. The van der Waals surface area contributed by atoms with Crippen LogP contribution >= 0.6 is 11.3 Å². The van der Waals surface area contributed by atoms with Crippen LogP contribution in [0.25, 0.3) is 11.3 Å². The molecule has 5 aromatic rings. The summed E-state index contributed by atoms with van der Waals surface area (Å²) >= 11 is 1.44. The number of methoxy groups -OCH3 is 2. The van der Waals surface area contributed by atoms with Crippen molar-refractivity contribution in [3.63, 3.8) is 0 Å². The molecule has 42 heavy (non-hydrogen) atoms.